The van der Waals surface area contributed by atoms with Gasteiger partial charge in [-0.3, -0.25) is 9.78 Å². The predicted octanol–water partition coefficient (Wildman–Crippen LogP) is 2.47. The molecular formula is C18H19N3O2. The Balaban J connectivity index is 1.59. The van der Waals surface area contributed by atoms with Crippen LogP contribution in [-0.4, -0.2) is 29.5 Å². The predicted molar refractivity (Wildman–Crippen MR) is 89.5 cm³/mol. The van der Waals surface area contributed by atoms with Gasteiger partial charge in [-0.05, 0) is 41.8 Å². The van der Waals surface area contributed by atoms with E-state index in [-0.39, 0.29) is 5.91 Å². The Morgan fingerprint density at radius 3 is 3.04 bits per heavy atom. The molecule has 0 saturated carbocycles. The van der Waals surface area contributed by atoms with Gasteiger partial charge in [0.1, 0.15) is 5.75 Å². The van der Waals surface area contributed by atoms with E-state index in [0.29, 0.717) is 13.0 Å². The Bertz CT molecular complexity index is 796. The first-order chi connectivity index (χ1) is 11.3. The van der Waals surface area contributed by atoms with Crippen LogP contribution in [0.4, 0.5) is 0 Å². The third kappa shape index (κ3) is 3.69. The van der Waals surface area contributed by atoms with Crippen LogP contribution in [0.15, 0.2) is 48.9 Å². The molecule has 118 valence electrons. The summed E-state index contributed by atoms with van der Waals surface area (Å²) in [7, 11) is 1.64. The van der Waals surface area contributed by atoms with E-state index < -0.39 is 0 Å². The zero-order chi connectivity index (χ0) is 16.1. The molecule has 0 aliphatic heterocycles. The zero-order valence-electron chi connectivity index (χ0n) is 13.0. The van der Waals surface area contributed by atoms with Crippen molar-refractivity contribution in [2.75, 3.05) is 13.7 Å². The van der Waals surface area contributed by atoms with Crippen LogP contribution in [0.1, 0.15) is 11.1 Å². The summed E-state index contributed by atoms with van der Waals surface area (Å²) in [6.45, 7) is 0.607. The molecule has 3 aromatic rings. The molecule has 2 N–H and O–H groups in total. The zero-order valence-corrected chi connectivity index (χ0v) is 13.0. The molecule has 0 aliphatic rings. The van der Waals surface area contributed by atoms with Gasteiger partial charge in [0.2, 0.25) is 5.91 Å². The van der Waals surface area contributed by atoms with E-state index in [9.17, 15) is 4.79 Å². The summed E-state index contributed by atoms with van der Waals surface area (Å²) in [5, 5.41) is 3.97. The number of carbonyl (C=O) groups is 1. The minimum absolute atomic E-state index is 0.0117. The molecule has 0 saturated heterocycles. The molecule has 0 unspecified atom stereocenters. The lowest BCUT2D eigenvalue weighted by Gasteiger charge is -2.05. The maximum Gasteiger partial charge on any atom is 0.224 e. The third-order valence-electron chi connectivity index (χ3n) is 3.78. The van der Waals surface area contributed by atoms with Gasteiger partial charge in [-0.15, -0.1) is 0 Å². The molecule has 0 fully saturated rings. The lowest BCUT2D eigenvalue weighted by atomic mass is 10.1. The Morgan fingerprint density at radius 2 is 2.26 bits per heavy atom. The number of aromatic amines is 1. The van der Waals surface area contributed by atoms with Gasteiger partial charge >= 0.3 is 0 Å². The third-order valence-corrected chi connectivity index (χ3v) is 3.78. The topological polar surface area (TPSA) is 67.0 Å². The lowest BCUT2D eigenvalue weighted by Crippen LogP contribution is -2.27. The van der Waals surface area contributed by atoms with E-state index in [1.807, 2.05) is 42.7 Å². The summed E-state index contributed by atoms with van der Waals surface area (Å²) >= 11 is 0. The molecule has 23 heavy (non-hydrogen) atoms. The number of aromatic nitrogens is 2. The minimum atomic E-state index is 0.0117. The molecule has 2 heterocycles. The van der Waals surface area contributed by atoms with Gasteiger partial charge in [-0.2, -0.15) is 0 Å². The number of pyridine rings is 1. The maximum absolute atomic E-state index is 12.1. The number of rotatable bonds is 6. The monoisotopic (exact) mass is 309 g/mol. The van der Waals surface area contributed by atoms with Crippen LogP contribution in [0.2, 0.25) is 0 Å². The number of benzene rings is 1. The van der Waals surface area contributed by atoms with Crippen molar-refractivity contribution in [3.8, 4) is 5.75 Å². The quantitative estimate of drug-likeness (QED) is 0.735. The van der Waals surface area contributed by atoms with Gasteiger partial charge in [0.25, 0.3) is 0 Å². The average Bonchev–Trinajstić information content (AvgIpc) is 2.98. The largest absolute Gasteiger partial charge is 0.497 e. The van der Waals surface area contributed by atoms with Gasteiger partial charge in [0.15, 0.2) is 0 Å². The molecular weight excluding hydrogens is 290 g/mol. The number of ether oxygens (including phenoxy) is 1. The fourth-order valence-corrected chi connectivity index (χ4v) is 2.56. The first-order valence-corrected chi connectivity index (χ1v) is 7.56. The number of H-pyrrole nitrogens is 1. The van der Waals surface area contributed by atoms with E-state index in [0.717, 1.165) is 34.2 Å². The number of amides is 1. The molecule has 3 rings (SSSR count). The molecule has 0 spiro atoms. The first-order valence-electron chi connectivity index (χ1n) is 7.56. The Kier molecular flexibility index (Phi) is 4.57. The standard InChI is InChI=1S/C18H19N3O2/c1-23-15-4-5-17-16(10-15)14(12-21-17)9-18(22)20-8-6-13-3-2-7-19-11-13/h2-5,7,10-12,21H,6,8-9H2,1H3,(H,20,22). The minimum Gasteiger partial charge on any atom is -0.497 e. The first kappa shape index (κ1) is 15.1. The molecule has 5 nitrogen and oxygen atoms in total. The second-order valence-corrected chi connectivity index (χ2v) is 5.36. The van der Waals surface area contributed by atoms with Crippen molar-refractivity contribution >= 4 is 16.8 Å². The van der Waals surface area contributed by atoms with Crippen molar-refractivity contribution in [2.45, 2.75) is 12.8 Å². The summed E-state index contributed by atoms with van der Waals surface area (Å²) in [6.07, 6.45) is 6.57. The van der Waals surface area contributed by atoms with Crippen LogP contribution < -0.4 is 10.1 Å². The summed E-state index contributed by atoms with van der Waals surface area (Å²) in [5.41, 5.74) is 3.09. The molecule has 0 radical (unpaired) electrons. The number of hydrogen-bond donors (Lipinski definition) is 2. The van der Waals surface area contributed by atoms with Gasteiger partial charge in [-0.25, -0.2) is 0 Å². The molecule has 0 bridgehead atoms. The Morgan fingerprint density at radius 1 is 1.35 bits per heavy atom. The van der Waals surface area contributed by atoms with Gasteiger partial charge in [0.05, 0.1) is 13.5 Å². The normalized spacial score (nSPS) is 10.7. The molecule has 1 amide bonds. The van der Waals surface area contributed by atoms with Crippen LogP contribution >= 0.6 is 0 Å². The highest BCUT2D eigenvalue weighted by molar-refractivity contribution is 5.89. The summed E-state index contributed by atoms with van der Waals surface area (Å²) in [6, 6.07) is 9.71. The van der Waals surface area contributed by atoms with Crippen LogP contribution in [0.5, 0.6) is 5.75 Å². The number of nitrogens with one attached hydrogen (secondary N) is 2. The van der Waals surface area contributed by atoms with Crippen molar-refractivity contribution < 1.29 is 9.53 Å². The van der Waals surface area contributed by atoms with Crippen LogP contribution in [0.25, 0.3) is 10.9 Å². The second-order valence-electron chi connectivity index (χ2n) is 5.36. The number of hydrogen-bond acceptors (Lipinski definition) is 3. The fourth-order valence-electron chi connectivity index (χ4n) is 2.56. The van der Waals surface area contributed by atoms with Crippen molar-refractivity contribution in [2.24, 2.45) is 0 Å². The molecule has 0 aliphatic carbocycles. The SMILES string of the molecule is COc1ccc2[nH]cc(CC(=O)NCCc3cccnc3)c2c1. The van der Waals surface area contributed by atoms with Crippen molar-refractivity contribution in [3.63, 3.8) is 0 Å². The van der Waals surface area contributed by atoms with E-state index in [1.54, 1.807) is 13.3 Å². The molecule has 1 aromatic carbocycles. The molecule has 5 heteroatoms. The number of carbonyl (C=O) groups excluding carboxylic acids is 1. The average molecular weight is 309 g/mol. The van der Waals surface area contributed by atoms with Crippen molar-refractivity contribution in [1.82, 2.24) is 15.3 Å². The molecule has 0 atom stereocenters. The highest BCUT2D eigenvalue weighted by atomic mass is 16.5. The smallest absolute Gasteiger partial charge is 0.224 e. The van der Waals surface area contributed by atoms with E-state index >= 15 is 0 Å². The lowest BCUT2D eigenvalue weighted by molar-refractivity contribution is -0.120. The van der Waals surface area contributed by atoms with Gasteiger partial charge in [-0.1, -0.05) is 6.07 Å². The second kappa shape index (κ2) is 6.96. The van der Waals surface area contributed by atoms with Crippen LogP contribution in [0, 0.1) is 0 Å². The van der Waals surface area contributed by atoms with E-state index in [4.69, 9.17) is 4.74 Å². The highest BCUT2D eigenvalue weighted by Gasteiger charge is 2.09. The van der Waals surface area contributed by atoms with Crippen molar-refractivity contribution in [3.05, 3.63) is 60.0 Å². The summed E-state index contributed by atoms with van der Waals surface area (Å²) in [5.74, 6) is 0.799. The highest BCUT2D eigenvalue weighted by Crippen LogP contribution is 2.23. The number of methoxy groups -OCH3 is 1. The van der Waals surface area contributed by atoms with E-state index in [1.165, 1.54) is 0 Å². The Hall–Kier alpha value is -2.82. The van der Waals surface area contributed by atoms with Crippen molar-refractivity contribution in [1.29, 1.82) is 0 Å². The number of fused-ring (bicyclic) bond motifs is 1. The summed E-state index contributed by atoms with van der Waals surface area (Å²) in [4.78, 5) is 19.4. The van der Waals surface area contributed by atoms with Crippen LogP contribution in [0.3, 0.4) is 0 Å². The van der Waals surface area contributed by atoms with Gasteiger partial charge in [0, 0.05) is 36.0 Å². The van der Waals surface area contributed by atoms with Crippen LogP contribution in [-0.2, 0) is 17.6 Å². The fraction of sp³-hybridized carbons (Fsp3) is 0.222. The maximum atomic E-state index is 12.1. The number of nitrogens with zero attached hydrogens (tertiary/aromatic N) is 1. The Labute approximate surface area is 134 Å². The molecule has 2 aromatic heterocycles. The summed E-state index contributed by atoms with van der Waals surface area (Å²) < 4.78 is 5.25. The van der Waals surface area contributed by atoms with E-state index in [2.05, 4.69) is 15.3 Å². The van der Waals surface area contributed by atoms with Gasteiger partial charge < -0.3 is 15.0 Å².